The molecule has 2 fully saturated rings. The molecule has 13 heavy (non-hydrogen) atoms. The molecule has 0 N–H and O–H groups in total. The SMILES string of the molecule is CCCOC(=O)C1CCC2OC2C1. The first-order chi connectivity index (χ1) is 6.31. The minimum Gasteiger partial charge on any atom is -0.465 e. The predicted molar refractivity (Wildman–Crippen MR) is 47.3 cm³/mol. The highest BCUT2D eigenvalue weighted by Gasteiger charge is 2.46. The van der Waals surface area contributed by atoms with E-state index in [1.807, 2.05) is 6.92 Å². The van der Waals surface area contributed by atoms with Gasteiger partial charge >= 0.3 is 5.97 Å². The summed E-state index contributed by atoms with van der Waals surface area (Å²) in [6.07, 6.45) is 4.61. The van der Waals surface area contributed by atoms with Crippen LogP contribution in [0.25, 0.3) is 0 Å². The molecule has 0 radical (unpaired) electrons. The second kappa shape index (κ2) is 3.66. The van der Waals surface area contributed by atoms with Crippen LogP contribution in [0.2, 0.25) is 0 Å². The molecule has 1 saturated carbocycles. The third kappa shape index (κ3) is 2.02. The molecule has 3 nitrogen and oxygen atoms in total. The molecule has 0 aromatic heterocycles. The molecule has 0 bridgehead atoms. The van der Waals surface area contributed by atoms with E-state index in [0.29, 0.717) is 18.8 Å². The second-order valence-electron chi connectivity index (χ2n) is 3.89. The molecule has 74 valence electrons. The number of hydrogen-bond acceptors (Lipinski definition) is 3. The van der Waals surface area contributed by atoms with Crippen LogP contribution < -0.4 is 0 Å². The van der Waals surface area contributed by atoms with Crippen LogP contribution in [0, 0.1) is 5.92 Å². The van der Waals surface area contributed by atoms with Gasteiger partial charge in [-0.05, 0) is 25.7 Å². The van der Waals surface area contributed by atoms with Crippen LogP contribution in [-0.4, -0.2) is 24.8 Å². The number of esters is 1. The molecule has 0 aromatic rings. The lowest BCUT2D eigenvalue weighted by Gasteiger charge is -2.16. The Morgan fingerprint density at radius 2 is 2.31 bits per heavy atom. The van der Waals surface area contributed by atoms with Crippen LogP contribution in [0.1, 0.15) is 32.6 Å². The van der Waals surface area contributed by atoms with Gasteiger partial charge in [-0.1, -0.05) is 6.92 Å². The molecule has 3 atom stereocenters. The van der Waals surface area contributed by atoms with Crippen LogP contribution in [0.5, 0.6) is 0 Å². The van der Waals surface area contributed by atoms with Crippen LogP contribution in [0.3, 0.4) is 0 Å². The van der Waals surface area contributed by atoms with Gasteiger partial charge in [0, 0.05) is 0 Å². The van der Waals surface area contributed by atoms with Crippen molar-refractivity contribution in [2.45, 2.75) is 44.8 Å². The molecule has 1 aliphatic heterocycles. The number of epoxide rings is 1. The van der Waals surface area contributed by atoms with E-state index < -0.39 is 0 Å². The summed E-state index contributed by atoms with van der Waals surface area (Å²) in [7, 11) is 0. The van der Waals surface area contributed by atoms with Crippen molar-refractivity contribution in [2.75, 3.05) is 6.61 Å². The first-order valence-electron chi connectivity index (χ1n) is 5.13. The Morgan fingerprint density at radius 3 is 3.00 bits per heavy atom. The molecule has 3 heteroatoms. The number of ether oxygens (including phenoxy) is 2. The summed E-state index contributed by atoms with van der Waals surface area (Å²) in [5.74, 6) is 0.0890. The molecular weight excluding hydrogens is 168 g/mol. The number of fused-ring (bicyclic) bond motifs is 1. The number of hydrogen-bond donors (Lipinski definition) is 0. The van der Waals surface area contributed by atoms with Crippen LogP contribution in [0.4, 0.5) is 0 Å². The lowest BCUT2D eigenvalue weighted by Crippen LogP contribution is -2.24. The summed E-state index contributed by atoms with van der Waals surface area (Å²) in [6.45, 7) is 2.57. The van der Waals surface area contributed by atoms with Crippen molar-refractivity contribution >= 4 is 5.97 Å². The van der Waals surface area contributed by atoms with Crippen molar-refractivity contribution < 1.29 is 14.3 Å². The fourth-order valence-corrected chi connectivity index (χ4v) is 1.94. The van der Waals surface area contributed by atoms with Gasteiger partial charge in [-0.25, -0.2) is 0 Å². The van der Waals surface area contributed by atoms with E-state index in [-0.39, 0.29) is 11.9 Å². The second-order valence-corrected chi connectivity index (χ2v) is 3.89. The molecule has 0 spiro atoms. The fraction of sp³-hybridized carbons (Fsp3) is 0.900. The standard InChI is InChI=1S/C10H16O3/c1-2-5-12-10(11)7-3-4-8-9(6-7)13-8/h7-9H,2-6H2,1H3. The Kier molecular flexibility index (Phi) is 2.54. The van der Waals surface area contributed by atoms with Gasteiger partial charge in [-0.3, -0.25) is 4.79 Å². The van der Waals surface area contributed by atoms with Gasteiger partial charge in [-0.15, -0.1) is 0 Å². The average Bonchev–Trinajstić information content (AvgIpc) is 2.91. The molecule has 1 heterocycles. The summed E-state index contributed by atoms with van der Waals surface area (Å²) in [5.41, 5.74) is 0. The molecule has 2 rings (SSSR count). The predicted octanol–water partition coefficient (Wildman–Crippen LogP) is 1.51. The van der Waals surface area contributed by atoms with Gasteiger partial charge in [0.05, 0.1) is 24.7 Å². The minimum atomic E-state index is -0.0178. The Hall–Kier alpha value is -0.570. The summed E-state index contributed by atoms with van der Waals surface area (Å²) < 4.78 is 10.5. The van der Waals surface area contributed by atoms with Crippen molar-refractivity contribution in [3.8, 4) is 0 Å². The zero-order valence-electron chi connectivity index (χ0n) is 7.99. The van der Waals surface area contributed by atoms with E-state index in [2.05, 4.69) is 0 Å². The van der Waals surface area contributed by atoms with Gasteiger partial charge in [-0.2, -0.15) is 0 Å². The molecule has 1 saturated heterocycles. The fourth-order valence-electron chi connectivity index (χ4n) is 1.94. The summed E-state index contributed by atoms with van der Waals surface area (Å²) in [5, 5.41) is 0. The van der Waals surface area contributed by atoms with Crippen molar-refractivity contribution in [3.63, 3.8) is 0 Å². The average molecular weight is 184 g/mol. The molecule has 2 aliphatic rings. The summed E-state index contributed by atoms with van der Waals surface area (Å²) in [6, 6.07) is 0. The number of rotatable bonds is 3. The van der Waals surface area contributed by atoms with Crippen molar-refractivity contribution in [3.05, 3.63) is 0 Å². The first-order valence-corrected chi connectivity index (χ1v) is 5.13. The van der Waals surface area contributed by atoms with E-state index in [0.717, 1.165) is 25.7 Å². The highest BCUT2D eigenvalue weighted by atomic mass is 16.6. The van der Waals surface area contributed by atoms with Crippen LogP contribution in [-0.2, 0) is 14.3 Å². The van der Waals surface area contributed by atoms with E-state index in [1.165, 1.54) is 0 Å². The molecule has 0 aromatic carbocycles. The Labute approximate surface area is 78.4 Å². The Balaban J connectivity index is 1.75. The number of carbonyl (C=O) groups excluding carboxylic acids is 1. The zero-order chi connectivity index (χ0) is 9.26. The lowest BCUT2D eigenvalue weighted by molar-refractivity contribution is -0.149. The van der Waals surface area contributed by atoms with Gasteiger partial charge in [0.15, 0.2) is 0 Å². The summed E-state index contributed by atoms with van der Waals surface area (Å²) in [4.78, 5) is 11.4. The van der Waals surface area contributed by atoms with Crippen molar-refractivity contribution in [2.24, 2.45) is 5.92 Å². The van der Waals surface area contributed by atoms with Crippen LogP contribution in [0.15, 0.2) is 0 Å². The highest BCUT2D eigenvalue weighted by molar-refractivity contribution is 5.72. The molecule has 3 unspecified atom stereocenters. The smallest absolute Gasteiger partial charge is 0.309 e. The monoisotopic (exact) mass is 184 g/mol. The van der Waals surface area contributed by atoms with Crippen molar-refractivity contribution in [1.82, 2.24) is 0 Å². The maximum absolute atomic E-state index is 11.4. The quantitative estimate of drug-likeness (QED) is 0.493. The van der Waals surface area contributed by atoms with E-state index in [9.17, 15) is 4.79 Å². The topological polar surface area (TPSA) is 38.8 Å². The van der Waals surface area contributed by atoms with Gasteiger partial charge in [0.2, 0.25) is 0 Å². The molecule has 0 amide bonds. The van der Waals surface area contributed by atoms with Crippen LogP contribution >= 0.6 is 0 Å². The molecule has 1 aliphatic carbocycles. The van der Waals surface area contributed by atoms with Gasteiger partial charge in [0.25, 0.3) is 0 Å². The third-order valence-electron chi connectivity index (χ3n) is 2.79. The maximum atomic E-state index is 11.4. The van der Waals surface area contributed by atoms with E-state index in [4.69, 9.17) is 9.47 Å². The molecular formula is C10H16O3. The third-order valence-corrected chi connectivity index (χ3v) is 2.79. The lowest BCUT2D eigenvalue weighted by atomic mass is 9.89. The highest BCUT2D eigenvalue weighted by Crippen LogP contribution is 2.39. The zero-order valence-corrected chi connectivity index (χ0v) is 7.99. The summed E-state index contributed by atoms with van der Waals surface area (Å²) >= 11 is 0. The number of carbonyl (C=O) groups is 1. The largest absolute Gasteiger partial charge is 0.465 e. The van der Waals surface area contributed by atoms with Gasteiger partial charge < -0.3 is 9.47 Å². The van der Waals surface area contributed by atoms with E-state index >= 15 is 0 Å². The van der Waals surface area contributed by atoms with Crippen molar-refractivity contribution in [1.29, 1.82) is 0 Å². The maximum Gasteiger partial charge on any atom is 0.309 e. The van der Waals surface area contributed by atoms with E-state index in [1.54, 1.807) is 0 Å². The normalized spacial score (nSPS) is 36.5. The Bertz CT molecular complexity index is 202. The Morgan fingerprint density at radius 1 is 1.46 bits per heavy atom. The van der Waals surface area contributed by atoms with Gasteiger partial charge in [0.1, 0.15) is 0 Å². The minimum absolute atomic E-state index is 0.0178. The first kappa shape index (κ1) is 9.00.